The van der Waals surface area contributed by atoms with Gasteiger partial charge >= 0.3 is 0 Å². The number of nitrogens with zero attached hydrogens (tertiary/aromatic N) is 3. The summed E-state index contributed by atoms with van der Waals surface area (Å²) in [5.74, 6) is 0. The topological polar surface area (TPSA) is 84.7 Å². The summed E-state index contributed by atoms with van der Waals surface area (Å²) in [7, 11) is 0. The summed E-state index contributed by atoms with van der Waals surface area (Å²) in [5.41, 5.74) is 3.61. The molecule has 106 valence electrons. The number of aromatic amines is 1. The van der Waals surface area contributed by atoms with Gasteiger partial charge in [-0.05, 0) is 35.7 Å². The molecule has 0 radical (unpaired) electrons. The molecular formula is C14H11ClN4O2. The summed E-state index contributed by atoms with van der Waals surface area (Å²) in [5, 5.41) is 11.9. The molecular weight excluding hydrogens is 292 g/mol. The number of nitro benzene ring substituents is 1. The maximum absolute atomic E-state index is 10.8. The van der Waals surface area contributed by atoms with Crippen molar-refractivity contribution in [1.82, 2.24) is 15.0 Å². The second kappa shape index (κ2) is 5.14. The highest BCUT2D eigenvalue weighted by molar-refractivity contribution is 6.28. The van der Waals surface area contributed by atoms with Crippen molar-refractivity contribution in [2.45, 2.75) is 13.3 Å². The number of aromatic nitrogens is 3. The summed E-state index contributed by atoms with van der Waals surface area (Å²) in [4.78, 5) is 21.6. The standard InChI is InChI=1S/C14H11ClN4O2/c1-8-6-17-14(15)18-12(8)4-9-7-16-13-5-10(19(20)21)2-3-11(9)13/h2-3,5-7,16H,4H2,1H3. The molecule has 1 N–H and O–H groups in total. The molecule has 0 spiro atoms. The Labute approximate surface area is 125 Å². The van der Waals surface area contributed by atoms with Gasteiger partial charge in [0.05, 0.1) is 16.1 Å². The fraction of sp³-hybridized carbons (Fsp3) is 0.143. The zero-order valence-corrected chi connectivity index (χ0v) is 11.9. The third-order valence-electron chi connectivity index (χ3n) is 3.37. The minimum Gasteiger partial charge on any atom is -0.361 e. The molecule has 0 fully saturated rings. The molecule has 0 aliphatic carbocycles. The van der Waals surface area contributed by atoms with E-state index in [0.717, 1.165) is 27.7 Å². The van der Waals surface area contributed by atoms with Crippen LogP contribution in [0.15, 0.2) is 30.6 Å². The number of nitrogens with one attached hydrogen (secondary N) is 1. The number of hydrogen-bond donors (Lipinski definition) is 1. The van der Waals surface area contributed by atoms with Crippen molar-refractivity contribution in [3.8, 4) is 0 Å². The molecule has 0 aliphatic heterocycles. The van der Waals surface area contributed by atoms with E-state index in [0.29, 0.717) is 6.42 Å². The van der Waals surface area contributed by atoms with Crippen LogP contribution >= 0.6 is 11.6 Å². The predicted octanol–water partition coefficient (Wildman–Crippen LogP) is 3.42. The molecule has 0 bridgehead atoms. The minimum absolute atomic E-state index is 0.0668. The number of halogens is 1. The van der Waals surface area contributed by atoms with Gasteiger partial charge in [-0.1, -0.05) is 0 Å². The molecule has 0 amide bonds. The Morgan fingerprint density at radius 2 is 2.24 bits per heavy atom. The molecule has 3 rings (SSSR count). The molecule has 0 saturated carbocycles. The first-order chi connectivity index (χ1) is 10.0. The van der Waals surface area contributed by atoms with Gasteiger partial charge in [0.1, 0.15) is 0 Å². The number of benzene rings is 1. The van der Waals surface area contributed by atoms with Gasteiger partial charge < -0.3 is 4.98 Å². The average molecular weight is 303 g/mol. The first-order valence-electron chi connectivity index (χ1n) is 6.27. The quantitative estimate of drug-likeness (QED) is 0.456. The van der Waals surface area contributed by atoms with Crippen LogP contribution in [0, 0.1) is 17.0 Å². The number of aryl methyl sites for hydroxylation is 1. The minimum atomic E-state index is -0.408. The van der Waals surface area contributed by atoms with Gasteiger partial charge in [-0.3, -0.25) is 10.1 Å². The lowest BCUT2D eigenvalue weighted by atomic mass is 10.1. The van der Waals surface area contributed by atoms with Crippen LogP contribution in [0.1, 0.15) is 16.8 Å². The Morgan fingerprint density at radius 1 is 1.43 bits per heavy atom. The van der Waals surface area contributed by atoms with Crippen LogP contribution in [0.25, 0.3) is 10.9 Å². The van der Waals surface area contributed by atoms with Crippen LogP contribution < -0.4 is 0 Å². The predicted molar refractivity (Wildman–Crippen MR) is 79.5 cm³/mol. The van der Waals surface area contributed by atoms with E-state index >= 15 is 0 Å². The highest BCUT2D eigenvalue weighted by Crippen LogP contribution is 2.25. The lowest BCUT2D eigenvalue weighted by Crippen LogP contribution is -1.97. The summed E-state index contributed by atoms with van der Waals surface area (Å²) in [6.45, 7) is 1.92. The normalized spacial score (nSPS) is 11.0. The van der Waals surface area contributed by atoms with Crippen molar-refractivity contribution in [2.75, 3.05) is 0 Å². The lowest BCUT2D eigenvalue weighted by molar-refractivity contribution is -0.384. The molecule has 6 nitrogen and oxygen atoms in total. The first kappa shape index (κ1) is 13.5. The lowest BCUT2D eigenvalue weighted by Gasteiger charge is -2.04. The third-order valence-corrected chi connectivity index (χ3v) is 3.55. The Hall–Kier alpha value is -2.47. The second-order valence-corrected chi connectivity index (χ2v) is 5.08. The number of H-pyrrole nitrogens is 1. The molecule has 2 aromatic heterocycles. The number of nitro groups is 1. The Bertz CT molecular complexity index is 844. The van der Waals surface area contributed by atoms with E-state index < -0.39 is 4.92 Å². The van der Waals surface area contributed by atoms with Gasteiger partial charge in [-0.2, -0.15) is 0 Å². The smallest absolute Gasteiger partial charge is 0.271 e. The number of fused-ring (bicyclic) bond motifs is 1. The Balaban J connectivity index is 2.01. The van der Waals surface area contributed by atoms with E-state index in [1.54, 1.807) is 12.3 Å². The van der Waals surface area contributed by atoms with Crippen LogP contribution in [-0.2, 0) is 6.42 Å². The van der Waals surface area contributed by atoms with Crippen LogP contribution in [0.2, 0.25) is 5.28 Å². The van der Waals surface area contributed by atoms with Gasteiger partial charge in [-0.25, -0.2) is 9.97 Å². The van der Waals surface area contributed by atoms with Crippen molar-refractivity contribution >= 4 is 28.2 Å². The number of rotatable bonds is 3. The molecule has 0 saturated heterocycles. The zero-order chi connectivity index (χ0) is 15.0. The average Bonchev–Trinajstić information content (AvgIpc) is 2.85. The van der Waals surface area contributed by atoms with E-state index in [4.69, 9.17) is 11.6 Å². The molecule has 3 aromatic rings. The van der Waals surface area contributed by atoms with Crippen molar-refractivity contribution in [2.24, 2.45) is 0 Å². The van der Waals surface area contributed by atoms with Gasteiger partial charge in [0.2, 0.25) is 5.28 Å². The molecule has 7 heteroatoms. The maximum Gasteiger partial charge on any atom is 0.271 e. The molecule has 0 aliphatic rings. The van der Waals surface area contributed by atoms with Gasteiger partial charge in [0.15, 0.2) is 0 Å². The summed E-state index contributed by atoms with van der Waals surface area (Å²) in [6, 6.07) is 4.77. The number of hydrogen-bond acceptors (Lipinski definition) is 4. The van der Waals surface area contributed by atoms with E-state index in [1.807, 2.05) is 13.1 Å². The monoisotopic (exact) mass is 302 g/mol. The summed E-state index contributed by atoms with van der Waals surface area (Å²) in [6.07, 6.45) is 4.11. The van der Waals surface area contributed by atoms with E-state index in [-0.39, 0.29) is 11.0 Å². The summed E-state index contributed by atoms with van der Waals surface area (Å²) >= 11 is 5.83. The molecule has 0 unspecified atom stereocenters. The molecule has 1 aromatic carbocycles. The first-order valence-corrected chi connectivity index (χ1v) is 6.65. The highest BCUT2D eigenvalue weighted by atomic mass is 35.5. The van der Waals surface area contributed by atoms with Crippen molar-refractivity contribution in [3.05, 3.63) is 62.8 Å². The van der Waals surface area contributed by atoms with Crippen molar-refractivity contribution in [3.63, 3.8) is 0 Å². The van der Waals surface area contributed by atoms with Gasteiger partial charge in [0, 0.05) is 36.3 Å². The molecule has 0 atom stereocenters. The highest BCUT2D eigenvalue weighted by Gasteiger charge is 2.12. The van der Waals surface area contributed by atoms with E-state index in [2.05, 4.69) is 15.0 Å². The third kappa shape index (κ3) is 2.57. The fourth-order valence-electron chi connectivity index (χ4n) is 2.25. The number of non-ortho nitro benzene ring substituents is 1. The van der Waals surface area contributed by atoms with Crippen LogP contribution in [0.5, 0.6) is 0 Å². The van der Waals surface area contributed by atoms with Crippen LogP contribution in [-0.4, -0.2) is 19.9 Å². The molecule has 21 heavy (non-hydrogen) atoms. The van der Waals surface area contributed by atoms with E-state index in [9.17, 15) is 10.1 Å². The van der Waals surface area contributed by atoms with Gasteiger partial charge in [-0.15, -0.1) is 0 Å². The summed E-state index contributed by atoms with van der Waals surface area (Å²) < 4.78 is 0. The maximum atomic E-state index is 10.8. The Morgan fingerprint density at radius 3 is 3.00 bits per heavy atom. The fourth-order valence-corrected chi connectivity index (χ4v) is 2.40. The Kier molecular flexibility index (Phi) is 3.31. The van der Waals surface area contributed by atoms with E-state index in [1.165, 1.54) is 12.1 Å². The van der Waals surface area contributed by atoms with Crippen LogP contribution in [0.4, 0.5) is 5.69 Å². The van der Waals surface area contributed by atoms with Crippen LogP contribution in [0.3, 0.4) is 0 Å². The van der Waals surface area contributed by atoms with Gasteiger partial charge in [0.25, 0.3) is 5.69 Å². The largest absolute Gasteiger partial charge is 0.361 e. The SMILES string of the molecule is Cc1cnc(Cl)nc1Cc1c[nH]c2cc([N+](=O)[O-])ccc12. The van der Waals surface area contributed by atoms with Crippen molar-refractivity contribution in [1.29, 1.82) is 0 Å². The molecule has 2 heterocycles. The van der Waals surface area contributed by atoms with Crippen molar-refractivity contribution < 1.29 is 4.92 Å². The second-order valence-electron chi connectivity index (χ2n) is 4.75. The zero-order valence-electron chi connectivity index (χ0n) is 11.1.